The first kappa shape index (κ1) is 14.9. The number of unbranched alkanes of at least 4 members (excludes halogenated alkanes) is 1. The van der Waals surface area contributed by atoms with Gasteiger partial charge in [0, 0.05) is 11.4 Å². The van der Waals surface area contributed by atoms with E-state index in [1.807, 2.05) is 43.3 Å². The summed E-state index contributed by atoms with van der Waals surface area (Å²) in [4.78, 5) is 11.7. The zero-order valence-corrected chi connectivity index (χ0v) is 12.1. The first-order chi connectivity index (χ1) is 10.2. The maximum Gasteiger partial charge on any atom is 0.186 e. The second-order valence-corrected chi connectivity index (χ2v) is 4.92. The highest BCUT2D eigenvalue weighted by molar-refractivity contribution is 6.05. The first-order valence-corrected chi connectivity index (χ1v) is 7.02. The van der Waals surface area contributed by atoms with Crippen LogP contribution in [0.2, 0.25) is 0 Å². The predicted molar refractivity (Wildman–Crippen MR) is 84.6 cm³/mol. The number of hydrogen-bond donors (Lipinski definition) is 3. The van der Waals surface area contributed by atoms with E-state index >= 15 is 0 Å². The molecule has 4 nitrogen and oxygen atoms in total. The maximum atomic E-state index is 11.7. The summed E-state index contributed by atoms with van der Waals surface area (Å²) in [5.41, 5.74) is 3.49. The number of carbonyl (C=O) groups is 1. The van der Waals surface area contributed by atoms with Crippen molar-refractivity contribution < 1.29 is 9.90 Å². The fraction of sp³-hybridized carbons (Fsp3) is 0.235. The Morgan fingerprint density at radius 2 is 2.05 bits per heavy atom. The van der Waals surface area contributed by atoms with Crippen LogP contribution in [0.25, 0.3) is 0 Å². The van der Waals surface area contributed by atoms with E-state index in [0.29, 0.717) is 12.1 Å². The molecular weight excluding hydrogens is 264 g/mol. The van der Waals surface area contributed by atoms with E-state index in [-0.39, 0.29) is 5.78 Å². The molecule has 0 heterocycles. The van der Waals surface area contributed by atoms with Crippen molar-refractivity contribution in [3.05, 3.63) is 65.8 Å². The number of hydrogen-bond acceptors (Lipinski definition) is 4. The minimum atomic E-state index is 0.122. The lowest BCUT2D eigenvalue weighted by Gasteiger charge is -2.25. The van der Waals surface area contributed by atoms with Gasteiger partial charge in [-0.3, -0.25) is 4.79 Å². The van der Waals surface area contributed by atoms with Gasteiger partial charge >= 0.3 is 0 Å². The van der Waals surface area contributed by atoms with Gasteiger partial charge in [-0.25, -0.2) is 0 Å². The van der Waals surface area contributed by atoms with E-state index in [1.165, 1.54) is 0 Å². The van der Waals surface area contributed by atoms with E-state index in [9.17, 15) is 4.79 Å². The lowest BCUT2D eigenvalue weighted by molar-refractivity contribution is -0.116. The van der Waals surface area contributed by atoms with Crippen molar-refractivity contribution in [2.24, 2.45) is 0 Å². The van der Waals surface area contributed by atoms with Gasteiger partial charge < -0.3 is 15.7 Å². The molecule has 0 bridgehead atoms. The van der Waals surface area contributed by atoms with Crippen LogP contribution >= 0.6 is 0 Å². The molecule has 110 valence electrons. The average molecular weight is 284 g/mol. The Hall–Kier alpha value is -2.49. The summed E-state index contributed by atoms with van der Waals surface area (Å²) in [5.74, 6) is 0.122. The molecule has 1 aromatic rings. The molecule has 0 atom stereocenters. The van der Waals surface area contributed by atoms with Gasteiger partial charge in [0.15, 0.2) is 5.78 Å². The Bertz CT molecular complexity index is 586. The number of rotatable bonds is 7. The van der Waals surface area contributed by atoms with Crippen molar-refractivity contribution in [1.82, 2.24) is 5.32 Å². The third-order valence-electron chi connectivity index (χ3n) is 3.20. The Balaban J connectivity index is 1.96. The third-order valence-corrected chi connectivity index (χ3v) is 3.20. The molecular formula is C17H20N2O2. The molecule has 0 saturated heterocycles. The Morgan fingerprint density at radius 1 is 1.29 bits per heavy atom. The molecule has 3 N–H and O–H groups in total. The molecule has 4 heteroatoms. The molecule has 0 spiro atoms. The number of benzene rings is 1. The van der Waals surface area contributed by atoms with Gasteiger partial charge in [-0.15, -0.1) is 0 Å². The second kappa shape index (κ2) is 7.33. The second-order valence-electron chi connectivity index (χ2n) is 4.92. The molecule has 1 aromatic carbocycles. The van der Waals surface area contributed by atoms with Crippen LogP contribution in [0.1, 0.15) is 26.2 Å². The van der Waals surface area contributed by atoms with Gasteiger partial charge in [-0.2, -0.15) is 0 Å². The van der Waals surface area contributed by atoms with Gasteiger partial charge in [0.25, 0.3) is 0 Å². The molecule has 0 aromatic heterocycles. The molecule has 1 aliphatic carbocycles. The number of Topliss-reactive ketones (excluding diaryl/α,β-unsaturated/α-hetero) is 1. The molecule has 0 unspecified atom stereocenters. The summed E-state index contributed by atoms with van der Waals surface area (Å²) in [6, 6.07) is 9.81. The zero-order chi connectivity index (χ0) is 15.1. The molecule has 0 fully saturated rings. The van der Waals surface area contributed by atoms with Crippen LogP contribution in [0.3, 0.4) is 0 Å². The van der Waals surface area contributed by atoms with Crippen molar-refractivity contribution in [1.29, 1.82) is 0 Å². The molecule has 0 saturated carbocycles. The number of ketones is 1. The monoisotopic (exact) mass is 284 g/mol. The SMILES string of the molecule is C/C(=C\CC/C=C/O)NC1=C(Nc2ccccc2)CC1=O. The maximum absolute atomic E-state index is 11.7. The predicted octanol–water partition coefficient (Wildman–Crippen LogP) is 3.63. The van der Waals surface area contributed by atoms with Crippen molar-refractivity contribution in [2.45, 2.75) is 26.2 Å². The van der Waals surface area contributed by atoms with Crippen LogP contribution in [0.5, 0.6) is 0 Å². The average Bonchev–Trinajstić information content (AvgIpc) is 2.50. The molecule has 2 rings (SSSR count). The van der Waals surface area contributed by atoms with Crippen LogP contribution in [-0.2, 0) is 4.79 Å². The van der Waals surface area contributed by atoms with E-state index < -0.39 is 0 Å². The minimum Gasteiger partial charge on any atom is -0.516 e. The summed E-state index contributed by atoms with van der Waals surface area (Å²) in [6.07, 6.45) is 6.79. The van der Waals surface area contributed by atoms with Crippen molar-refractivity contribution in [3.8, 4) is 0 Å². The number of allylic oxidation sites excluding steroid dienone is 5. The Kier molecular flexibility index (Phi) is 5.21. The number of aliphatic hydroxyl groups excluding tert-OH is 1. The highest BCUT2D eigenvalue weighted by Gasteiger charge is 2.27. The fourth-order valence-corrected chi connectivity index (χ4v) is 2.07. The van der Waals surface area contributed by atoms with Crippen LogP contribution in [0.4, 0.5) is 5.69 Å². The summed E-state index contributed by atoms with van der Waals surface area (Å²) in [6.45, 7) is 1.93. The number of nitrogens with one attached hydrogen (secondary N) is 2. The number of carbonyl (C=O) groups excluding carboxylic acids is 1. The van der Waals surface area contributed by atoms with Gasteiger partial charge in [-0.1, -0.05) is 24.3 Å². The van der Waals surface area contributed by atoms with Crippen LogP contribution in [0, 0.1) is 0 Å². The largest absolute Gasteiger partial charge is 0.516 e. The quantitative estimate of drug-likeness (QED) is 0.528. The summed E-state index contributed by atoms with van der Waals surface area (Å²) < 4.78 is 0. The molecule has 0 amide bonds. The van der Waals surface area contributed by atoms with E-state index in [4.69, 9.17) is 5.11 Å². The lowest BCUT2D eigenvalue weighted by atomic mass is 9.98. The minimum absolute atomic E-state index is 0.122. The molecule has 1 aliphatic rings. The highest BCUT2D eigenvalue weighted by Crippen LogP contribution is 2.24. The molecule has 0 aliphatic heterocycles. The van der Waals surface area contributed by atoms with Crippen LogP contribution < -0.4 is 10.6 Å². The van der Waals surface area contributed by atoms with Crippen LogP contribution in [-0.4, -0.2) is 10.9 Å². The first-order valence-electron chi connectivity index (χ1n) is 7.02. The third kappa shape index (κ3) is 4.24. The normalized spacial score (nSPS) is 15.3. The van der Waals surface area contributed by atoms with Crippen molar-refractivity contribution in [3.63, 3.8) is 0 Å². The topological polar surface area (TPSA) is 61.4 Å². The highest BCUT2D eigenvalue weighted by atomic mass is 16.2. The number of anilines is 1. The standard InChI is InChI=1S/C17H20N2O2/c1-13(8-4-3-7-11-20)18-17-15(12-16(17)21)19-14-9-5-2-6-10-14/h2,5-11,18-20H,3-4,12H2,1H3/b11-7+,13-8+. The van der Waals surface area contributed by atoms with Gasteiger partial charge in [0.2, 0.25) is 0 Å². The summed E-state index contributed by atoms with van der Waals surface area (Å²) >= 11 is 0. The van der Waals surface area contributed by atoms with Crippen molar-refractivity contribution in [2.75, 3.05) is 5.32 Å². The Morgan fingerprint density at radius 3 is 2.71 bits per heavy atom. The van der Waals surface area contributed by atoms with E-state index in [0.717, 1.165) is 36.2 Å². The number of para-hydroxylation sites is 1. The zero-order valence-electron chi connectivity index (χ0n) is 12.1. The fourth-order valence-electron chi connectivity index (χ4n) is 2.07. The van der Waals surface area contributed by atoms with E-state index in [1.54, 1.807) is 6.08 Å². The van der Waals surface area contributed by atoms with Crippen LogP contribution in [0.15, 0.2) is 65.8 Å². The Labute approximate surface area is 124 Å². The van der Waals surface area contributed by atoms with E-state index in [2.05, 4.69) is 10.6 Å². The molecule has 21 heavy (non-hydrogen) atoms. The number of aliphatic hydroxyl groups is 1. The lowest BCUT2D eigenvalue weighted by Crippen LogP contribution is -2.32. The van der Waals surface area contributed by atoms with Crippen molar-refractivity contribution >= 4 is 11.5 Å². The van der Waals surface area contributed by atoms with Gasteiger partial charge in [0.05, 0.1) is 18.4 Å². The summed E-state index contributed by atoms with van der Waals surface area (Å²) in [7, 11) is 0. The van der Waals surface area contributed by atoms with Gasteiger partial charge in [0.1, 0.15) is 5.70 Å². The smallest absolute Gasteiger partial charge is 0.186 e. The molecule has 0 radical (unpaired) electrons. The summed E-state index contributed by atoms with van der Waals surface area (Å²) in [5, 5.41) is 15.0. The van der Waals surface area contributed by atoms with Gasteiger partial charge in [-0.05, 0) is 38.0 Å².